The third kappa shape index (κ3) is 3.28. The molecule has 5 heteroatoms. The summed E-state index contributed by atoms with van der Waals surface area (Å²) in [6.07, 6.45) is 7.44. The molecular formula is C34H34N2O3. The average Bonchev–Trinajstić information content (AvgIpc) is 3.47. The third-order valence-electron chi connectivity index (χ3n) is 10.2. The van der Waals surface area contributed by atoms with Gasteiger partial charge in [-0.25, -0.2) is 0 Å². The first-order valence-corrected chi connectivity index (χ1v) is 14.3. The summed E-state index contributed by atoms with van der Waals surface area (Å²) in [5.41, 5.74) is 6.06. The number of H-pyrrole nitrogens is 1. The van der Waals surface area contributed by atoms with Gasteiger partial charge in [0.1, 0.15) is 11.5 Å². The zero-order valence-electron chi connectivity index (χ0n) is 22.6. The van der Waals surface area contributed by atoms with E-state index in [0.717, 1.165) is 87.4 Å². The number of carbonyl (C=O) groups excluding carboxylic acids is 1. The first-order chi connectivity index (χ1) is 19.1. The Morgan fingerprint density at radius 1 is 0.821 bits per heavy atom. The van der Waals surface area contributed by atoms with Crippen molar-refractivity contribution in [1.82, 2.24) is 9.88 Å². The molecule has 198 valence electrons. The zero-order valence-corrected chi connectivity index (χ0v) is 22.6. The van der Waals surface area contributed by atoms with Crippen LogP contribution in [0.25, 0.3) is 22.2 Å². The van der Waals surface area contributed by atoms with Crippen LogP contribution in [0.1, 0.15) is 66.1 Å². The van der Waals surface area contributed by atoms with Crippen molar-refractivity contribution >= 4 is 16.8 Å². The third-order valence-corrected chi connectivity index (χ3v) is 10.2. The van der Waals surface area contributed by atoms with Gasteiger partial charge in [0.15, 0.2) is 0 Å². The number of fused-ring (bicyclic) bond motifs is 2. The van der Waals surface area contributed by atoms with Crippen LogP contribution in [-0.2, 0) is 0 Å². The van der Waals surface area contributed by atoms with Gasteiger partial charge in [-0.2, -0.15) is 0 Å². The van der Waals surface area contributed by atoms with Crippen LogP contribution in [0.2, 0.25) is 0 Å². The van der Waals surface area contributed by atoms with Gasteiger partial charge >= 0.3 is 0 Å². The molecule has 1 aromatic heterocycles. The van der Waals surface area contributed by atoms with Crippen LogP contribution >= 0.6 is 0 Å². The number of hydrogen-bond acceptors (Lipinski definition) is 3. The molecule has 4 bridgehead atoms. The van der Waals surface area contributed by atoms with Gasteiger partial charge in [0.25, 0.3) is 5.91 Å². The van der Waals surface area contributed by atoms with E-state index in [1.54, 1.807) is 14.2 Å². The van der Waals surface area contributed by atoms with Crippen LogP contribution in [-0.4, -0.2) is 35.5 Å². The molecule has 0 radical (unpaired) electrons. The fourth-order valence-electron chi connectivity index (χ4n) is 9.12. The smallest absolute Gasteiger partial charge is 0.255 e. The van der Waals surface area contributed by atoms with Gasteiger partial charge in [-0.15, -0.1) is 0 Å². The van der Waals surface area contributed by atoms with Crippen LogP contribution in [0.5, 0.6) is 11.5 Å². The normalized spacial score (nSPS) is 28.8. The van der Waals surface area contributed by atoms with Crippen molar-refractivity contribution in [2.75, 3.05) is 14.2 Å². The molecule has 3 aromatic carbocycles. The van der Waals surface area contributed by atoms with Crippen LogP contribution in [0.3, 0.4) is 0 Å². The topological polar surface area (TPSA) is 54.6 Å². The second-order valence-electron chi connectivity index (χ2n) is 12.3. The fraction of sp³-hybridized carbons (Fsp3) is 0.382. The van der Waals surface area contributed by atoms with Gasteiger partial charge in [0.05, 0.1) is 26.0 Å². The molecule has 5 aliphatic rings. The summed E-state index contributed by atoms with van der Waals surface area (Å²) in [5, 5.41) is 1.15. The van der Waals surface area contributed by atoms with Gasteiger partial charge in [-0.3, -0.25) is 4.79 Å². The Labute approximate surface area is 229 Å². The van der Waals surface area contributed by atoms with E-state index in [4.69, 9.17) is 9.47 Å². The summed E-state index contributed by atoms with van der Waals surface area (Å²) < 4.78 is 11.5. The quantitative estimate of drug-likeness (QED) is 0.300. The summed E-state index contributed by atoms with van der Waals surface area (Å²) in [4.78, 5) is 20.6. The minimum Gasteiger partial charge on any atom is -0.497 e. The second-order valence-corrected chi connectivity index (χ2v) is 12.3. The lowest BCUT2D eigenvalue weighted by Gasteiger charge is -2.61. The monoisotopic (exact) mass is 518 g/mol. The second kappa shape index (κ2) is 8.38. The first kappa shape index (κ1) is 23.2. The predicted octanol–water partition coefficient (Wildman–Crippen LogP) is 7.37. The van der Waals surface area contributed by atoms with E-state index in [9.17, 15) is 4.79 Å². The maximum Gasteiger partial charge on any atom is 0.255 e. The molecule has 2 heterocycles. The minimum atomic E-state index is -0.160. The van der Waals surface area contributed by atoms with Crippen LogP contribution in [0.4, 0.5) is 0 Å². The van der Waals surface area contributed by atoms with E-state index in [1.807, 2.05) is 30.3 Å². The van der Waals surface area contributed by atoms with Crippen molar-refractivity contribution in [2.45, 2.75) is 50.1 Å². The lowest BCUT2D eigenvalue weighted by molar-refractivity contribution is -0.0805. The SMILES string of the molecule is COc1ccc(OC)c(-c2[nH]c3ccccc3c2[C@H]2c3ccccc3C(=O)N2C23CC4CC(CC(C4)C2)C3)c1. The Morgan fingerprint density at radius 3 is 2.23 bits per heavy atom. The zero-order chi connectivity index (χ0) is 26.3. The maximum absolute atomic E-state index is 14.5. The Kier molecular flexibility index (Phi) is 4.98. The van der Waals surface area contributed by atoms with Gasteiger partial charge in [-0.05, 0) is 92.2 Å². The lowest BCUT2D eigenvalue weighted by atomic mass is 9.52. The van der Waals surface area contributed by atoms with Crippen molar-refractivity contribution in [1.29, 1.82) is 0 Å². The first-order valence-electron chi connectivity index (χ1n) is 14.3. The fourth-order valence-corrected chi connectivity index (χ4v) is 9.12. The van der Waals surface area contributed by atoms with E-state index in [2.05, 4.69) is 46.3 Å². The molecule has 0 spiro atoms. The lowest BCUT2D eigenvalue weighted by Crippen LogP contribution is -2.61. The maximum atomic E-state index is 14.5. The molecular weight excluding hydrogens is 484 g/mol. The number of methoxy groups -OCH3 is 2. The highest BCUT2D eigenvalue weighted by Gasteiger charge is 2.58. The van der Waals surface area contributed by atoms with Gasteiger partial charge in [0.2, 0.25) is 0 Å². The molecule has 4 fully saturated rings. The number of para-hydroxylation sites is 1. The highest BCUT2D eigenvalue weighted by atomic mass is 16.5. The molecule has 9 rings (SSSR count). The Bertz CT molecular complexity index is 1580. The van der Waals surface area contributed by atoms with E-state index < -0.39 is 0 Å². The standard InChI is InChI=1S/C34H34N2O3/c1-38-23-11-12-29(39-2)27(16-23)31-30(26-9-5-6-10-28(26)35-31)32-24-7-3-4-8-25(24)33(37)36(32)34-17-20-13-21(18-34)15-22(14-20)19-34/h3-12,16,20-22,32,35H,13-15,17-19H2,1-2H3/t20?,21?,22?,32-,34?/m1/s1. The number of rotatable bonds is 5. The van der Waals surface area contributed by atoms with Crippen molar-refractivity contribution in [2.24, 2.45) is 17.8 Å². The summed E-state index contributed by atoms with van der Waals surface area (Å²) >= 11 is 0. The number of aromatic amines is 1. The molecule has 0 unspecified atom stereocenters. The number of benzene rings is 3. The molecule has 4 aromatic rings. The van der Waals surface area contributed by atoms with E-state index in [1.165, 1.54) is 19.3 Å². The highest BCUT2D eigenvalue weighted by Crippen LogP contribution is 2.61. The summed E-state index contributed by atoms with van der Waals surface area (Å²) in [6, 6.07) is 22.6. The number of nitrogens with zero attached hydrogens (tertiary/aromatic N) is 1. The molecule has 39 heavy (non-hydrogen) atoms. The van der Waals surface area contributed by atoms with Crippen LogP contribution in [0.15, 0.2) is 66.7 Å². The number of ether oxygens (including phenoxy) is 2. The number of amides is 1. The molecule has 1 atom stereocenters. The molecule has 1 N–H and O–H groups in total. The molecule has 1 aliphatic heterocycles. The Morgan fingerprint density at radius 2 is 1.51 bits per heavy atom. The number of aromatic nitrogens is 1. The molecule has 4 saturated carbocycles. The summed E-state index contributed by atoms with van der Waals surface area (Å²) in [7, 11) is 3.40. The van der Waals surface area contributed by atoms with Crippen molar-refractivity contribution < 1.29 is 14.3 Å². The number of hydrogen-bond donors (Lipinski definition) is 1. The Balaban J connectivity index is 1.40. The highest BCUT2D eigenvalue weighted by molar-refractivity contribution is 6.03. The number of carbonyl (C=O) groups is 1. The summed E-state index contributed by atoms with van der Waals surface area (Å²) in [5.74, 6) is 3.99. The van der Waals surface area contributed by atoms with Crippen molar-refractivity contribution in [3.05, 3.63) is 83.4 Å². The van der Waals surface area contributed by atoms with E-state index >= 15 is 0 Å². The van der Waals surface area contributed by atoms with E-state index in [-0.39, 0.29) is 17.5 Å². The van der Waals surface area contributed by atoms with E-state index in [0.29, 0.717) is 0 Å². The largest absolute Gasteiger partial charge is 0.497 e. The predicted molar refractivity (Wildman–Crippen MR) is 152 cm³/mol. The molecule has 1 amide bonds. The molecule has 4 aliphatic carbocycles. The van der Waals surface area contributed by atoms with Crippen LogP contribution in [0, 0.1) is 17.8 Å². The molecule has 0 saturated heterocycles. The van der Waals surface area contributed by atoms with Gasteiger partial charge in [-0.1, -0.05) is 36.4 Å². The van der Waals surface area contributed by atoms with Crippen molar-refractivity contribution in [3.63, 3.8) is 0 Å². The Hall–Kier alpha value is -3.73. The van der Waals surface area contributed by atoms with Crippen molar-refractivity contribution in [3.8, 4) is 22.8 Å². The minimum absolute atomic E-state index is 0.0797. The van der Waals surface area contributed by atoms with Gasteiger partial charge in [0, 0.05) is 33.1 Å². The number of nitrogens with one attached hydrogen (secondary N) is 1. The van der Waals surface area contributed by atoms with Crippen LogP contribution < -0.4 is 9.47 Å². The average molecular weight is 519 g/mol. The molecule has 5 nitrogen and oxygen atoms in total. The summed E-state index contributed by atoms with van der Waals surface area (Å²) in [6.45, 7) is 0. The van der Waals surface area contributed by atoms with Gasteiger partial charge < -0.3 is 19.4 Å².